The van der Waals surface area contributed by atoms with Gasteiger partial charge in [-0.3, -0.25) is 0 Å². The van der Waals surface area contributed by atoms with Crippen LogP contribution in [0.4, 0.5) is 11.4 Å². The molecule has 0 aliphatic heterocycles. The van der Waals surface area contributed by atoms with Crippen LogP contribution in [0, 0.1) is 0 Å². The van der Waals surface area contributed by atoms with Crippen molar-refractivity contribution in [1.82, 2.24) is 0 Å². The van der Waals surface area contributed by atoms with E-state index in [-0.39, 0.29) is 5.97 Å². The van der Waals surface area contributed by atoms with Crippen LogP contribution in [0.5, 0.6) is 0 Å². The van der Waals surface area contributed by atoms with Gasteiger partial charge in [-0.2, -0.15) is 0 Å². The summed E-state index contributed by atoms with van der Waals surface area (Å²) in [6, 6.07) is 5.11. The molecule has 1 aromatic carbocycles. The first-order valence-corrected chi connectivity index (χ1v) is 5.14. The minimum atomic E-state index is -0.507. The summed E-state index contributed by atoms with van der Waals surface area (Å²) in [4.78, 5) is 11.9. The van der Waals surface area contributed by atoms with Crippen molar-refractivity contribution in [2.75, 3.05) is 18.1 Å². The largest absolute Gasteiger partial charge is 0.456 e. The van der Waals surface area contributed by atoms with Crippen LogP contribution in [0.3, 0.4) is 0 Å². The minimum absolute atomic E-state index is 0.371. The van der Waals surface area contributed by atoms with E-state index in [0.29, 0.717) is 16.9 Å². The van der Waals surface area contributed by atoms with Gasteiger partial charge in [-0.05, 0) is 39.0 Å². The smallest absolute Gasteiger partial charge is 0.340 e. The summed E-state index contributed by atoms with van der Waals surface area (Å²) >= 11 is 0. The second-order valence-corrected chi connectivity index (χ2v) is 4.56. The van der Waals surface area contributed by atoms with E-state index >= 15 is 0 Å². The molecule has 0 heterocycles. The molecule has 0 saturated heterocycles. The molecule has 0 amide bonds. The average Bonchev–Trinajstić information content (AvgIpc) is 2.15. The van der Waals surface area contributed by atoms with Gasteiger partial charge in [-0.25, -0.2) is 4.79 Å². The van der Waals surface area contributed by atoms with Crippen molar-refractivity contribution in [3.05, 3.63) is 23.8 Å². The van der Waals surface area contributed by atoms with E-state index in [1.165, 1.54) is 0 Å². The van der Waals surface area contributed by atoms with Gasteiger partial charge in [0.25, 0.3) is 0 Å². The van der Waals surface area contributed by atoms with Gasteiger partial charge in [-0.15, -0.1) is 0 Å². The fourth-order valence-corrected chi connectivity index (χ4v) is 1.28. The molecule has 0 fully saturated rings. The fourth-order valence-electron chi connectivity index (χ4n) is 1.28. The maximum atomic E-state index is 11.9. The highest BCUT2D eigenvalue weighted by atomic mass is 16.6. The van der Waals surface area contributed by atoms with Gasteiger partial charge in [0, 0.05) is 18.4 Å². The number of nitrogens with one attached hydrogen (secondary N) is 1. The lowest BCUT2D eigenvalue weighted by molar-refractivity contribution is 0.00707. The Bertz CT molecular complexity index is 394. The van der Waals surface area contributed by atoms with Crippen LogP contribution in [0.1, 0.15) is 31.1 Å². The molecule has 0 radical (unpaired) electrons. The van der Waals surface area contributed by atoms with Crippen molar-refractivity contribution in [1.29, 1.82) is 0 Å². The zero-order chi connectivity index (χ0) is 12.3. The summed E-state index contributed by atoms with van der Waals surface area (Å²) < 4.78 is 5.29. The summed E-state index contributed by atoms with van der Waals surface area (Å²) in [6.07, 6.45) is 0. The maximum Gasteiger partial charge on any atom is 0.340 e. The first-order valence-electron chi connectivity index (χ1n) is 5.14. The molecule has 4 heteroatoms. The minimum Gasteiger partial charge on any atom is -0.456 e. The molecule has 88 valence electrons. The average molecular weight is 222 g/mol. The number of benzene rings is 1. The number of ether oxygens (including phenoxy) is 1. The van der Waals surface area contributed by atoms with Gasteiger partial charge in [-0.1, -0.05) is 0 Å². The molecule has 1 rings (SSSR count). The van der Waals surface area contributed by atoms with Gasteiger partial charge >= 0.3 is 5.97 Å². The molecule has 0 saturated carbocycles. The first kappa shape index (κ1) is 12.4. The van der Waals surface area contributed by atoms with Crippen molar-refractivity contribution in [3.8, 4) is 0 Å². The van der Waals surface area contributed by atoms with E-state index in [1.807, 2.05) is 20.8 Å². The molecular weight excluding hydrogens is 204 g/mol. The molecule has 0 aliphatic carbocycles. The number of anilines is 2. The summed E-state index contributed by atoms with van der Waals surface area (Å²) in [5, 5.41) is 2.93. The summed E-state index contributed by atoms with van der Waals surface area (Å²) in [6.45, 7) is 5.49. The van der Waals surface area contributed by atoms with Crippen molar-refractivity contribution >= 4 is 17.3 Å². The standard InChI is InChI=1S/C12H18N2O2/c1-12(2,3)16-11(15)9-7-8(13)5-6-10(9)14-4/h5-7,14H,13H2,1-4H3. The highest BCUT2D eigenvalue weighted by Gasteiger charge is 2.20. The highest BCUT2D eigenvalue weighted by molar-refractivity contribution is 5.96. The Balaban J connectivity index is 3.02. The lowest BCUT2D eigenvalue weighted by Gasteiger charge is -2.20. The van der Waals surface area contributed by atoms with Gasteiger partial charge in [0.2, 0.25) is 0 Å². The quantitative estimate of drug-likeness (QED) is 0.595. The van der Waals surface area contributed by atoms with Crippen LogP contribution in [-0.2, 0) is 4.74 Å². The van der Waals surface area contributed by atoms with Crippen LogP contribution in [0.2, 0.25) is 0 Å². The third-order valence-corrected chi connectivity index (χ3v) is 1.93. The number of rotatable bonds is 2. The molecule has 3 N–H and O–H groups in total. The Morgan fingerprint density at radius 3 is 2.50 bits per heavy atom. The SMILES string of the molecule is CNc1ccc(N)cc1C(=O)OC(C)(C)C. The number of hydrogen-bond donors (Lipinski definition) is 2. The van der Waals surface area contributed by atoms with Crippen LogP contribution in [0.25, 0.3) is 0 Å². The number of carbonyl (C=O) groups is 1. The fraction of sp³-hybridized carbons (Fsp3) is 0.417. The Hall–Kier alpha value is -1.71. The van der Waals surface area contributed by atoms with E-state index in [4.69, 9.17) is 10.5 Å². The van der Waals surface area contributed by atoms with Gasteiger partial charge < -0.3 is 15.8 Å². The van der Waals surface area contributed by atoms with Gasteiger partial charge in [0.05, 0.1) is 5.56 Å². The van der Waals surface area contributed by atoms with E-state index in [1.54, 1.807) is 25.2 Å². The van der Waals surface area contributed by atoms with E-state index in [9.17, 15) is 4.79 Å². The number of esters is 1. The molecular formula is C12H18N2O2. The van der Waals surface area contributed by atoms with Crippen molar-refractivity contribution in [2.45, 2.75) is 26.4 Å². The predicted molar refractivity (Wildman–Crippen MR) is 65.6 cm³/mol. The molecule has 4 nitrogen and oxygen atoms in total. The lowest BCUT2D eigenvalue weighted by atomic mass is 10.1. The maximum absolute atomic E-state index is 11.9. The number of hydrogen-bond acceptors (Lipinski definition) is 4. The predicted octanol–water partition coefficient (Wildman–Crippen LogP) is 2.27. The summed E-state index contributed by atoms with van der Waals surface area (Å²) in [7, 11) is 1.75. The zero-order valence-electron chi connectivity index (χ0n) is 10.1. The van der Waals surface area contributed by atoms with E-state index in [2.05, 4.69) is 5.32 Å². The van der Waals surface area contributed by atoms with E-state index < -0.39 is 5.60 Å². The topological polar surface area (TPSA) is 64.3 Å². The molecule has 0 aromatic heterocycles. The molecule has 0 spiro atoms. The highest BCUT2D eigenvalue weighted by Crippen LogP contribution is 2.21. The van der Waals surface area contributed by atoms with Crippen LogP contribution in [-0.4, -0.2) is 18.6 Å². The zero-order valence-corrected chi connectivity index (χ0v) is 10.1. The second kappa shape index (κ2) is 4.43. The molecule has 0 unspecified atom stereocenters. The van der Waals surface area contributed by atoms with E-state index in [0.717, 1.165) is 0 Å². The first-order chi connectivity index (χ1) is 7.33. The van der Waals surface area contributed by atoms with Gasteiger partial charge in [0.1, 0.15) is 5.60 Å². The second-order valence-electron chi connectivity index (χ2n) is 4.56. The summed E-state index contributed by atoms with van der Waals surface area (Å²) in [5.41, 5.74) is 6.85. The van der Waals surface area contributed by atoms with Crippen LogP contribution in [0.15, 0.2) is 18.2 Å². The Morgan fingerprint density at radius 2 is 2.00 bits per heavy atom. The molecule has 0 atom stereocenters. The number of nitrogens with two attached hydrogens (primary N) is 1. The van der Waals surface area contributed by atoms with Gasteiger partial charge in [0.15, 0.2) is 0 Å². The summed E-state index contributed by atoms with van der Waals surface area (Å²) in [5.74, 6) is -0.371. The molecule has 0 bridgehead atoms. The van der Waals surface area contributed by atoms with Crippen molar-refractivity contribution in [2.24, 2.45) is 0 Å². The Labute approximate surface area is 95.8 Å². The molecule has 0 aliphatic rings. The Kier molecular flexibility index (Phi) is 3.42. The third kappa shape index (κ3) is 3.15. The molecule has 16 heavy (non-hydrogen) atoms. The normalized spacial score (nSPS) is 11.0. The van der Waals surface area contributed by atoms with Crippen molar-refractivity contribution in [3.63, 3.8) is 0 Å². The third-order valence-electron chi connectivity index (χ3n) is 1.93. The molecule has 1 aromatic rings. The number of carbonyl (C=O) groups excluding carboxylic acids is 1. The monoisotopic (exact) mass is 222 g/mol. The number of nitrogen functional groups attached to an aromatic ring is 1. The van der Waals surface area contributed by atoms with Crippen LogP contribution >= 0.6 is 0 Å². The van der Waals surface area contributed by atoms with Crippen LogP contribution < -0.4 is 11.1 Å². The van der Waals surface area contributed by atoms with Crippen molar-refractivity contribution < 1.29 is 9.53 Å². The lowest BCUT2D eigenvalue weighted by Crippen LogP contribution is -2.24. The Morgan fingerprint density at radius 1 is 1.38 bits per heavy atom.